The highest BCUT2D eigenvalue weighted by Gasteiger charge is 2.04. The average molecular weight is 337 g/mol. The highest BCUT2D eigenvalue weighted by atomic mass is 79.9. The van der Waals surface area contributed by atoms with Gasteiger partial charge in [0.25, 0.3) is 0 Å². The van der Waals surface area contributed by atoms with E-state index in [-0.39, 0.29) is 0 Å². The van der Waals surface area contributed by atoms with Gasteiger partial charge in [-0.25, -0.2) is 10.2 Å². The summed E-state index contributed by atoms with van der Waals surface area (Å²) in [6, 6.07) is 11.4. The van der Waals surface area contributed by atoms with Gasteiger partial charge in [-0.3, -0.25) is 0 Å². The lowest BCUT2D eigenvalue weighted by molar-refractivity contribution is 0.152. The van der Waals surface area contributed by atoms with Crippen LogP contribution in [-0.4, -0.2) is 18.9 Å². The van der Waals surface area contributed by atoms with Gasteiger partial charge in [-0.15, -0.1) is 0 Å². The van der Waals surface area contributed by atoms with Crippen LogP contribution in [0.1, 0.15) is 12.7 Å². The fraction of sp³-hybridized carbons (Fsp3) is 0.143. The van der Waals surface area contributed by atoms with E-state index in [0.717, 1.165) is 15.8 Å². The van der Waals surface area contributed by atoms with Gasteiger partial charge in [0, 0.05) is 10.0 Å². The Labute approximate surface area is 124 Å². The van der Waals surface area contributed by atoms with Gasteiger partial charge in [0.1, 0.15) is 11.5 Å². The second-order valence-electron chi connectivity index (χ2n) is 3.80. The second-order valence-corrected chi connectivity index (χ2v) is 4.72. The van der Waals surface area contributed by atoms with Crippen LogP contribution >= 0.6 is 15.9 Å². The third-order valence-electron chi connectivity index (χ3n) is 2.36. The Balaban J connectivity index is 2.02. The Morgan fingerprint density at radius 1 is 1.45 bits per heavy atom. The molecular weight excluding hydrogens is 324 g/mol. The third-order valence-corrected chi connectivity index (χ3v) is 2.85. The number of nitrogens with zero attached hydrogens (tertiary/aromatic N) is 1. The van der Waals surface area contributed by atoms with Crippen molar-refractivity contribution in [3.05, 3.63) is 46.6 Å². The number of hydrazone groups is 1. The summed E-state index contributed by atoms with van der Waals surface area (Å²) >= 11 is 3.41. The van der Waals surface area contributed by atoms with Gasteiger partial charge in [0.15, 0.2) is 0 Å². The van der Waals surface area contributed by atoms with Crippen molar-refractivity contribution in [2.45, 2.75) is 6.92 Å². The molecule has 0 saturated heterocycles. The smallest absolute Gasteiger partial charge is 0.427 e. The number of ether oxygens (including phenoxy) is 1. The summed E-state index contributed by atoms with van der Waals surface area (Å²) < 4.78 is 11.2. The lowest BCUT2D eigenvalue weighted by Gasteiger charge is -1.98. The van der Waals surface area contributed by atoms with Crippen molar-refractivity contribution in [2.24, 2.45) is 5.10 Å². The van der Waals surface area contributed by atoms with E-state index in [1.165, 1.54) is 6.21 Å². The summed E-state index contributed by atoms with van der Waals surface area (Å²) in [7, 11) is 0. The first-order valence-electron chi connectivity index (χ1n) is 6.00. The van der Waals surface area contributed by atoms with Crippen LogP contribution in [0, 0.1) is 0 Å². The summed E-state index contributed by atoms with van der Waals surface area (Å²) in [6.45, 7) is 2.02. The van der Waals surface area contributed by atoms with E-state index in [0.29, 0.717) is 12.4 Å². The largest absolute Gasteiger partial charge is 0.455 e. The molecule has 0 aliphatic carbocycles. The molecule has 1 heterocycles. The van der Waals surface area contributed by atoms with Crippen molar-refractivity contribution < 1.29 is 13.9 Å². The van der Waals surface area contributed by atoms with Crippen LogP contribution in [0.5, 0.6) is 0 Å². The van der Waals surface area contributed by atoms with Crippen molar-refractivity contribution in [3.8, 4) is 11.3 Å². The van der Waals surface area contributed by atoms with Gasteiger partial charge in [-0.2, -0.15) is 5.10 Å². The zero-order valence-electron chi connectivity index (χ0n) is 10.8. The number of benzene rings is 1. The van der Waals surface area contributed by atoms with Crippen LogP contribution in [0.4, 0.5) is 4.79 Å². The molecule has 0 bridgehead atoms. The zero-order chi connectivity index (χ0) is 14.4. The lowest BCUT2D eigenvalue weighted by Crippen LogP contribution is -2.18. The SMILES string of the molecule is CCOC(=O)N/N=C/c1ccc(-c2cccc(Br)c2)o1. The number of furan rings is 1. The van der Waals surface area contributed by atoms with Crippen molar-refractivity contribution in [3.63, 3.8) is 0 Å². The molecule has 20 heavy (non-hydrogen) atoms. The Hall–Kier alpha value is -2.08. The van der Waals surface area contributed by atoms with E-state index >= 15 is 0 Å². The summed E-state index contributed by atoms with van der Waals surface area (Å²) in [6.07, 6.45) is 0.820. The van der Waals surface area contributed by atoms with E-state index in [1.807, 2.05) is 30.3 Å². The minimum atomic E-state index is -0.595. The van der Waals surface area contributed by atoms with Crippen molar-refractivity contribution >= 4 is 28.2 Å². The predicted molar refractivity (Wildman–Crippen MR) is 79.6 cm³/mol. The van der Waals surface area contributed by atoms with E-state index in [4.69, 9.17) is 4.42 Å². The molecule has 0 fully saturated rings. The maximum Gasteiger partial charge on any atom is 0.427 e. The van der Waals surface area contributed by atoms with Crippen molar-refractivity contribution in [1.82, 2.24) is 5.43 Å². The number of carbonyl (C=O) groups is 1. The molecule has 0 aliphatic heterocycles. The maximum atomic E-state index is 11.0. The van der Waals surface area contributed by atoms with Crippen LogP contribution in [0.2, 0.25) is 0 Å². The van der Waals surface area contributed by atoms with E-state index in [9.17, 15) is 4.79 Å². The highest BCUT2D eigenvalue weighted by molar-refractivity contribution is 9.10. The Morgan fingerprint density at radius 2 is 2.30 bits per heavy atom. The molecule has 0 aliphatic rings. The number of amides is 1. The van der Waals surface area contributed by atoms with Gasteiger partial charge in [-0.1, -0.05) is 28.1 Å². The molecule has 5 nitrogen and oxygen atoms in total. The molecule has 2 aromatic rings. The molecule has 0 atom stereocenters. The van der Waals surface area contributed by atoms with Gasteiger partial charge in [0.2, 0.25) is 0 Å². The van der Waals surface area contributed by atoms with Crippen molar-refractivity contribution in [1.29, 1.82) is 0 Å². The maximum absolute atomic E-state index is 11.0. The van der Waals surface area contributed by atoms with Gasteiger partial charge in [0.05, 0.1) is 12.8 Å². The van der Waals surface area contributed by atoms with Crippen LogP contribution in [-0.2, 0) is 4.74 Å². The molecule has 1 N–H and O–H groups in total. The van der Waals surface area contributed by atoms with E-state index in [1.54, 1.807) is 13.0 Å². The molecule has 0 spiro atoms. The van der Waals surface area contributed by atoms with Gasteiger partial charge < -0.3 is 9.15 Å². The molecule has 0 unspecified atom stereocenters. The highest BCUT2D eigenvalue weighted by Crippen LogP contribution is 2.24. The number of rotatable bonds is 4. The average Bonchev–Trinajstić information content (AvgIpc) is 2.88. The van der Waals surface area contributed by atoms with Crippen LogP contribution in [0.15, 0.2) is 50.4 Å². The monoisotopic (exact) mass is 336 g/mol. The van der Waals surface area contributed by atoms with Crippen molar-refractivity contribution in [2.75, 3.05) is 6.61 Å². The lowest BCUT2D eigenvalue weighted by atomic mass is 10.2. The standard InChI is InChI=1S/C14H13BrN2O3/c1-2-19-14(18)17-16-9-12-6-7-13(20-12)10-4-3-5-11(15)8-10/h3-9H,2H2,1H3,(H,17,18)/b16-9+. The predicted octanol–water partition coefficient (Wildman–Crippen LogP) is 3.79. The molecule has 1 aromatic carbocycles. The Bertz CT molecular complexity index is 622. The fourth-order valence-electron chi connectivity index (χ4n) is 1.53. The molecule has 0 radical (unpaired) electrons. The number of hydrogen-bond donors (Lipinski definition) is 1. The topological polar surface area (TPSA) is 63.8 Å². The first-order valence-corrected chi connectivity index (χ1v) is 6.80. The van der Waals surface area contributed by atoms with E-state index < -0.39 is 6.09 Å². The molecule has 2 rings (SSSR count). The van der Waals surface area contributed by atoms with Crippen LogP contribution in [0.3, 0.4) is 0 Å². The molecule has 104 valence electrons. The minimum Gasteiger partial charge on any atom is -0.455 e. The molecule has 0 saturated carbocycles. The normalized spacial score (nSPS) is 10.7. The third kappa shape index (κ3) is 3.96. The zero-order valence-corrected chi connectivity index (χ0v) is 12.4. The van der Waals surface area contributed by atoms with Crippen LogP contribution in [0.25, 0.3) is 11.3 Å². The van der Waals surface area contributed by atoms with Gasteiger partial charge in [-0.05, 0) is 31.2 Å². The van der Waals surface area contributed by atoms with Gasteiger partial charge >= 0.3 is 6.09 Å². The summed E-state index contributed by atoms with van der Waals surface area (Å²) in [5.74, 6) is 1.26. The number of halogens is 1. The first kappa shape index (κ1) is 14.3. The second kappa shape index (κ2) is 6.91. The number of hydrogen-bond acceptors (Lipinski definition) is 4. The molecule has 1 aromatic heterocycles. The summed E-state index contributed by atoms with van der Waals surface area (Å²) in [5.41, 5.74) is 3.19. The minimum absolute atomic E-state index is 0.301. The fourth-order valence-corrected chi connectivity index (χ4v) is 1.93. The first-order chi connectivity index (χ1) is 9.69. The number of nitrogens with one attached hydrogen (secondary N) is 1. The molecule has 6 heteroatoms. The molecule has 1 amide bonds. The van der Waals surface area contributed by atoms with Crippen LogP contribution < -0.4 is 5.43 Å². The summed E-state index contributed by atoms with van der Waals surface area (Å²) in [4.78, 5) is 11.0. The molecular formula is C14H13BrN2O3. The summed E-state index contributed by atoms with van der Waals surface area (Å²) in [5, 5.41) is 3.73. The number of carbonyl (C=O) groups excluding carboxylic acids is 1. The van der Waals surface area contributed by atoms with E-state index in [2.05, 4.69) is 31.2 Å². The Morgan fingerprint density at radius 3 is 3.05 bits per heavy atom. The quantitative estimate of drug-likeness (QED) is 0.682. The Kier molecular flexibility index (Phi) is 4.95.